The molecule has 1 heterocycles. The molecule has 0 unspecified atom stereocenters. The van der Waals surface area contributed by atoms with E-state index in [1.807, 2.05) is 54.6 Å². The minimum atomic E-state index is -2.23. The van der Waals surface area contributed by atoms with Gasteiger partial charge in [-0.3, -0.25) is 5.41 Å². The number of halogens is 5. The molecule has 6 nitrogen and oxygen atoms in total. The van der Waals surface area contributed by atoms with Crippen molar-refractivity contribution in [1.82, 2.24) is 15.4 Å². The summed E-state index contributed by atoms with van der Waals surface area (Å²) >= 11 is 0.365. The molecule has 3 aromatic carbocycles. The summed E-state index contributed by atoms with van der Waals surface area (Å²) in [4.78, 5) is 0.568. The molecule has 0 aliphatic carbocycles. The fourth-order valence-electron chi connectivity index (χ4n) is 3.86. The Morgan fingerprint density at radius 2 is 1.46 bits per heavy atom. The number of nitrogens with two attached hydrogens (primary N) is 1. The summed E-state index contributed by atoms with van der Waals surface area (Å²) in [5.41, 5.74) is 9.84. The van der Waals surface area contributed by atoms with Gasteiger partial charge in [0, 0.05) is 19.7 Å². The van der Waals surface area contributed by atoms with Crippen LogP contribution in [0.3, 0.4) is 0 Å². The Morgan fingerprint density at radius 3 is 2.03 bits per heavy atom. The second-order valence-corrected chi connectivity index (χ2v) is 10.3. The highest BCUT2D eigenvalue weighted by Crippen LogP contribution is 2.32. The fraction of sp³-hybridized carbons (Fsp3) is 0.154. The van der Waals surface area contributed by atoms with Crippen LogP contribution in [-0.4, -0.2) is 41.8 Å². The van der Waals surface area contributed by atoms with Crippen molar-refractivity contribution in [3.8, 4) is 0 Å². The molecule has 1 aliphatic heterocycles. The lowest BCUT2D eigenvalue weighted by Crippen LogP contribution is -2.43. The molecule has 0 fully saturated rings. The van der Waals surface area contributed by atoms with Gasteiger partial charge in [0.25, 0.3) is 0 Å². The maximum Gasteiger partial charge on any atom is 0.312 e. The first-order valence-electron chi connectivity index (χ1n) is 11.7. The van der Waals surface area contributed by atoms with E-state index in [1.54, 1.807) is 19.0 Å². The Balaban J connectivity index is 1.60. The van der Waals surface area contributed by atoms with Crippen LogP contribution in [0, 0.1) is 34.5 Å². The molecule has 4 rings (SSSR count). The van der Waals surface area contributed by atoms with Gasteiger partial charge in [-0.2, -0.15) is 10.2 Å². The van der Waals surface area contributed by atoms with Crippen LogP contribution in [0.2, 0.25) is 6.82 Å². The maximum absolute atomic E-state index is 14.2. The Morgan fingerprint density at radius 1 is 0.923 bits per heavy atom. The van der Waals surface area contributed by atoms with Crippen molar-refractivity contribution in [2.45, 2.75) is 18.1 Å². The van der Waals surface area contributed by atoms with Crippen LogP contribution in [0.4, 0.5) is 22.0 Å². The Labute approximate surface area is 226 Å². The van der Waals surface area contributed by atoms with Crippen LogP contribution >= 0.6 is 11.6 Å². The van der Waals surface area contributed by atoms with E-state index in [0.29, 0.717) is 28.5 Å². The van der Waals surface area contributed by atoms with Gasteiger partial charge in [0.15, 0.2) is 29.1 Å². The normalized spacial score (nSPS) is 14.5. The smallest absolute Gasteiger partial charge is 0.312 e. The molecule has 39 heavy (non-hydrogen) atoms. The van der Waals surface area contributed by atoms with Gasteiger partial charge in [0.2, 0.25) is 5.82 Å². The molecule has 0 saturated carbocycles. The summed E-state index contributed by atoms with van der Waals surface area (Å²) in [5.74, 6) is -10.1. The summed E-state index contributed by atoms with van der Waals surface area (Å²) < 4.78 is 69.0. The number of hydrazone groups is 1. The van der Waals surface area contributed by atoms with Gasteiger partial charge in [0.1, 0.15) is 11.5 Å². The standard InChI is InChI=1S/C26H24BF5N6S/c1-27(39-24-21(31)19(29)18(28)20(30)22(24)32)36-38-26(34)17(25(33)37(2)3)23(35-38)16-11-9-15(10-12-16)13-14-7-5-4-6-8-14/h4-12,34,36H,13,33H2,1-3H3/b25-17-,34-26?. The summed E-state index contributed by atoms with van der Waals surface area (Å²) in [5, 5.41) is 16.9. The molecule has 3 aromatic rings. The lowest BCUT2D eigenvalue weighted by atomic mass is 9.98. The van der Waals surface area contributed by atoms with Crippen molar-refractivity contribution in [2.24, 2.45) is 10.8 Å². The van der Waals surface area contributed by atoms with Crippen molar-refractivity contribution >= 4 is 29.3 Å². The highest BCUT2D eigenvalue weighted by molar-refractivity contribution is 8.25. The average Bonchev–Trinajstić information content (AvgIpc) is 3.24. The Kier molecular flexibility index (Phi) is 8.31. The van der Waals surface area contributed by atoms with E-state index in [2.05, 4.69) is 10.4 Å². The third kappa shape index (κ3) is 5.79. The molecule has 0 bridgehead atoms. The van der Waals surface area contributed by atoms with E-state index >= 15 is 0 Å². The third-order valence-corrected chi connectivity index (χ3v) is 6.92. The minimum absolute atomic E-state index is 0.158. The molecular weight excluding hydrogens is 534 g/mol. The van der Waals surface area contributed by atoms with Gasteiger partial charge in [-0.15, -0.1) is 11.6 Å². The van der Waals surface area contributed by atoms with Gasteiger partial charge < -0.3 is 10.6 Å². The zero-order valence-electron chi connectivity index (χ0n) is 21.2. The van der Waals surface area contributed by atoms with E-state index in [4.69, 9.17) is 11.1 Å². The predicted octanol–water partition coefficient (Wildman–Crippen LogP) is 5.12. The lowest BCUT2D eigenvalue weighted by molar-refractivity contribution is 0.361. The fourth-order valence-corrected chi connectivity index (χ4v) is 4.75. The highest BCUT2D eigenvalue weighted by atomic mass is 32.2. The van der Waals surface area contributed by atoms with Crippen molar-refractivity contribution in [3.63, 3.8) is 0 Å². The summed E-state index contributed by atoms with van der Waals surface area (Å²) in [6, 6.07) is 17.5. The molecule has 4 N–H and O–H groups in total. The molecule has 0 aromatic heterocycles. The molecule has 0 radical (unpaired) electrons. The van der Waals surface area contributed by atoms with Crippen LogP contribution in [0.1, 0.15) is 16.7 Å². The molecule has 13 heteroatoms. The highest BCUT2D eigenvalue weighted by Gasteiger charge is 2.34. The largest absolute Gasteiger partial charge is 0.385 e. The minimum Gasteiger partial charge on any atom is -0.385 e. The van der Waals surface area contributed by atoms with E-state index in [0.717, 1.165) is 22.7 Å². The second kappa shape index (κ2) is 11.5. The first-order chi connectivity index (χ1) is 18.5. The molecule has 0 atom stereocenters. The van der Waals surface area contributed by atoms with Crippen molar-refractivity contribution in [2.75, 3.05) is 14.1 Å². The van der Waals surface area contributed by atoms with E-state index in [-0.39, 0.29) is 11.7 Å². The number of nitrogens with one attached hydrogen (secondary N) is 2. The van der Waals surface area contributed by atoms with Gasteiger partial charge in [-0.05, 0) is 17.5 Å². The van der Waals surface area contributed by atoms with Crippen LogP contribution in [0.15, 0.2) is 76.0 Å². The summed E-state index contributed by atoms with van der Waals surface area (Å²) in [6.45, 7) is 1.43. The topological polar surface area (TPSA) is 80.7 Å². The molecule has 0 saturated heterocycles. The molecule has 1 aliphatic rings. The second-order valence-electron chi connectivity index (χ2n) is 8.91. The van der Waals surface area contributed by atoms with Crippen LogP contribution in [-0.2, 0) is 6.42 Å². The molecule has 0 amide bonds. The number of benzene rings is 3. The zero-order chi connectivity index (χ0) is 28.4. The van der Waals surface area contributed by atoms with Gasteiger partial charge in [-0.1, -0.05) is 61.4 Å². The van der Waals surface area contributed by atoms with Crippen molar-refractivity contribution in [1.29, 1.82) is 5.41 Å². The number of amidine groups is 1. The number of hydrogen-bond donors (Lipinski definition) is 3. The third-order valence-electron chi connectivity index (χ3n) is 5.87. The maximum atomic E-state index is 14.2. The molecular formula is C26H24BF5N6S. The number of rotatable bonds is 8. The monoisotopic (exact) mass is 558 g/mol. The quantitative estimate of drug-likeness (QED) is 0.155. The van der Waals surface area contributed by atoms with Crippen molar-refractivity contribution in [3.05, 3.63) is 112 Å². The summed E-state index contributed by atoms with van der Waals surface area (Å²) in [7, 11) is 3.40. The average molecular weight is 558 g/mol. The zero-order valence-corrected chi connectivity index (χ0v) is 22.0. The SMILES string of the molecule is CB(NN1N=C(c2ccc(Cc3ccccc3)cc2)/C(=C(\N)N(C)C)C1=N)Sc1c(F)c(F)c(F)c(F)c1F. The van der Waals surface area contributed by atoms with Crippen molar-refractivity contribution < 1.29 is 22.0 Å². The summed E-state index contributed by atoms with van der Waals surface area (Å²) in [6.07, 6.45) is -0.233. The number of hydrazine groups is 1. The van der Waals surface area contributed by atoms with Crippen LogP contribution in [0.25, 0.3) is 0 Å². The van der Waals surface area contributed by atoms with Crippen LogP contribution < -0.4 is 11.1 Å². The van der Waals surface area contributed by atoms with Gasteiger partial charge >= 0.3 is 6.13 Å². The Bertz CT molecular complexity index is 1430. The van der Waals surface area contributed by atoms with Crippen LogP contribution in [0.5, 0.6) is 0 Å². The predicted molar refractivity (Wildman–Crippen MR) is 144 cm³/mol. The van der Waals surface area contributed by atoms with E-state index in [9.17, 15) is 22.0 Å². The molecule has 0 spiro atoms. The number of nitrogens with zero attached hydrogens (tertiary/aromatic N) is 3. The van der Waals surface area contributed by atoms with Gasteiger partial charge in [-0.25, -0.2) is 27.3 Å². The molecule has 202 valence electrons. The Hall–Kier alpha value is -3.84. The van der Waals surface area contributed by atoms with E-state index in [1.165, 1.54) is 6.82 Å². The van der Waals surface area contributed by atoms with Gasteiger partial charge in [0.05, 0.1) is 10.5 Å². The first-order valence-corrected chi connectivity index (χ1v) is 12.6. The first kappa shape index (κ1) is 28.2. The van der Waals surface area contributed by atoms with E-state index < -0.39 is 40.1 Å². The number of hydrogen-bond acceptors (Lipinski definition) is 6. The lowest BCUT2D eigenvalue weighted by Gasteiger charge is -2.21.